The van der Waals surface area contributed by atoms with E-state index in [-0.39, 0.29) is 6.04 Å². The lowest BCUT2D eigenvalue weighted by Gasteiger charge is -2.17. The first-order valence-electron chi connectivity index (χ1n) is 6.81. The molecule has 1 aromatic carbocycles. The lowest BCUT2D eigenvalue weighted by atomic mass is 9.99. The van der Waals surface area contributed by atoms with Crippen LogP contribution in [0.25, 0.3) is 0 Å². The largest absolute Gasteiger partial charge is 0.453 e. The Hall–Kier alpha value is -1.25. The number of aryl methyl sites for hydroxylation is 1. The Labute approximate surface area is 119 Å². The summed E-state index contributed by atoms with van der Waals surface area (Å²) in [4.78, 5) is 0. The van der Waals surface area contributed by atoms with Gasteiger partial charge in [0.1, 0.15) is 0 Å². The third kappa shape index (κ3) is 3.40. The van der Waals surface area contributed by atoms with Crippen molar-refractivity contribution in [3.63, 3.8) is 0 Å². The Bertz CT molecular complexity index is 504. The van der Waals surface area contributed by atoms with Crippen LogP contribution in [0.1, 0.15) is 43.0 Å². The number of hydrogen-bond acceptors (Lipinski definition) is 2. The summed E-state index contributed by atoms with van der Waals surface area (Å²) >= 11 is 6.09. The van der Waals surface area contributed by atoms with Gasteiger partial charge in [0.05, 0.1) is 12.3 Å². The van der Waals surface area contributed by atoms with Gasteiger partial charge in [-0.1, -0.05) is 44.5 Å². The molecule has 0 spiro atoms. The molecule has 1 heterocycles. The van der Waals surface area contributed by atoms with Crippen LogP contribution in [0.3, 0.4) is 0 Å². The van der Waals surface area contributed by atoms with E-state index in [1.54, 1.807) is 6.26 Å². The van der Waals surface area contributed by atoms with Crippen LogP contribution in [0, 0.1) is 0 Å². The number of furan rings is 1. The maximum Gasteiger partial charge on any atom is 0.198 e. The summed E-state index contributed by atoms with van der Waals surface area (Å²) in [6.45, 7) is 5.16. The summed E-state index contributed by atoms with van der Waals surface area (Å²) in [5, 5.41) is 3.91. The molecule has 3 heteroatoms. The van der Waals surface area contributed by atoms with Crippen LogP contribution in [0.4, 0.5) is 0 Å². The Morgan fingerprint density at radius 3 is 2.42 bits per heavy atom. The molecule has 0 amide bonds. The first-order valence-corrected chi connectivity index (χ1v) is 7.19. The van der Waals surface area contributed by atoms with Gasteiger partial charge in [-0.3, -0.25) is 0 Å². The lowest BCUT2D eigenvalue weighted by Crippen LogP contribution is -2.21. The predicted octanol–water partition coefficient (Wildman–Crippen LogP) is 4.58. The van der Waals surface area contributed by atoms with Crippen molar-refractivity contribution in [3.8, 4) is 0 Å². The van der Waals surface area contributed by atoms with E-state index < -0.39 is 0 Å². The second kappa shape index (κ2) is 6.78. The zero-order chi connectivity index (χ0) is 13.7. The van der Waals surface area contributed by atoms with E-state index in [2.05, 4.69) is 43.4 Å². The molecule has 2 rings (SSSR count). The Kier molecular flexibility index (Phi) is 5.06. The molecule has 0 aliphatic rings. The van der Waals surface area contributed by atoms with Gasteiger partial charge in [0.15, 0.2) is 5.22 Å². The topological polar surface area (TPSA) is 25.2 Å². The van der Waals surface area contributed by atoms with Gasteiger partial charge in [0.2, 0.25) is 0 Å². The maximum atomic E-state index is 6.09. The fraction of sp³-hybridized carbons (Fsp3) is 0.375. The average Bonchev–Trinajstić information content (AvgIpc) is 2.84. The molecule has 19 heavy (non-hydrogen) atoms. The highest BCUT2D eigenvalue weighted by Crippen LogP contribution is 2.29. The zero-order valence-electron chi connectivity index (χ0n) is 11.4. The van der Waals surface area contributed by atoms with Gasteiger partial charge in [-0.15, -0.1) is 0 Å². The van der Waals surface area contributed by atoms with Gasteiger partial charge in [0, 0.05) is 5.56 Å². The molecule has 1 atom stereocenters. The molecule has 0 radical (unpaired) electrons. The van der Waals surface area contributed by atoms with E-state index in [1.807, 2.05) is 6.07 Å². The van der Waals surface area contributed by atoms with Crippen molar-refractivity contribution in [2.45, 2.75) is 32.7 Å². The van der Waals surface area contributed by atoms with E-state index in [9.17, 15) is 0 Å². The molecule has 0 fully saturated rings. The first-order chi connectivity index (χ1) is 9.26. The Morgan fingerprint density at radius 2 is 1.89 bits per heavy atom. The molecular formula is C16H20ClNO. The number of hydrogen-bond donors (Lipinski definition) is 1. The van der Waals surface area contributed by atoms with Crippen molar-refractivity contribution < 1.29 is 4.42 Å². The number of benzene rings is 1. The van der Waals surface area contributed by atoms with E-state index >= 15 is 0 Å². The molecule has 1 unspecified atom stereocenters. The van der Waals surface area contributed by atoms with Crippen molar-refractivity contribution in [2.75, 3.05) is 6.54 Å². The molecule has 2 nitrogen and oxygen atoms in total. The molecule has 1 aromatic heterocycles. The van der Waals surface area contributed by atoms with Crippen molar-refractivity contribution in [3.05, 3.63) is 58.5 Å². The van der Waals surface area contributed by atoms with E-state index in [4.69, 9.17) is 16.0 Å². The Morgan fingerprint density at radius 1 is 1.16 bits per heavy atom. The highest BCUT2D eigenvalue weighted by molar-refractivity contribution is 6.29. The summed E-state index contributed by atoms with van der Waals surface area (Å²) < 4.78 is 5.20. The normalized spacial score (nSPS) is 12.6. The molecule has 0 aliphatic carbocycles. The fourth-order valence-corrected chi connectivity index (χ4v) is 2.51. The second-order valence-corrected chi connectivity index (χ2v) is 4.98. The van der Waals surface area contributed by atoms with Crippen molar-refractivity contribution in [2.24, 2.45) is 0 Å². The zero-order valence-corrected chi connectivity index (χ0v) is 12.2. The molecule has 0 saturated heterocycles. The van der Waals surface area contributed by atoms with E-state index in [0.29, 0.717) is 5.22 Å². The van der Waals surface area contributed by atoms with Crippen LogP contribution in [-0.2, 0) is 6.42 Å². The van der Waals surface area contributed by atoms with Gasteiger partial charge in [-0.05, 0) is 41.8 Å². The third-order valence-electron chi connectivity index (χ3n) is 3.22. The minimum absolute atomic E-state index is 0.0897. The van der Waals surface area contributed by atoms with Crippen molar-refractivity contribution in [1.82, 2.24) is 5.32 Å². The second-order valence-electron chi connectivity index (χ2n) is 4.63. The maximum absolute atomic E-state index is 6.09. The Balaban J connectivity index is 2.26. The summed E-state index contributed by atoms with van der Waals surface area (Å²) in [6, 6.07) is 10.7. The lowest BCUT2D eigenvalue weighted by molar-refractivity contribution is 0.555. The average molecular weight is 278 g/mol. The van der Waals surface area contributed by atoms with Crippen LogP contribution >= 0.6 is 11.6 Å². The highest BCUT2D eigenvalue weighted by atomic mass is 35.5. The quantitative estimate of drug-likeness (QED) is 0.836. The molecule has 0 aliphatic heterocycles. The monoisotopic (exact) mass is 277 g/mol. The molecule has 0 saturated carbocycles. The molecule has 1 N–H and O–H groups in total. The number of halogens is 1. The molecule has 102 valence electrons. The van der Waals surface area contributed by atoms with Crippen LogP contribution in [0.15, 0.2) is 41.0 Å². The predicted molar refractivity (Wildman–Crippen MR) is 79.7 cm³/mol. The van der Waals surface area contributed by atoms with E-state index in [1.165, 1.54) is 17.5 Å². The summed E-state index contributed by atoms with van der Waals surface area (Å²) in [5.41, 5.74) is 3.58. The SMILES string of the molecule is CCCc1ccc(C(NCC)c2ccoc2Cl)cc1. The van der Waals surface area contributed by atoms with Crippen molar-refractivity contribution in [1.29, 1.82) is 0 Å². The standard InChI is InChI=1S/C16H20ClNO/c1-3-5-12-6-8-13(9-7-12)15(18-4-2)14-10-11-19-16(14)17/h6-11,15,18H,3-5H2,1-2H3. The van der Waals surface area contributed by atoms with Gasteiger partial charge in [0.25, 0.3) is 0 Å². The first kappa shape index (κ1) is 14.2. The number of nitrogens with one attached hydrogen (secondary N) is 1. The van der Waals surface area contributed by atoms with Crippen LogP contribution in [-0.4, -0.2) is 6.54 Å². The molecule has 2 aromatic rings. The number of rotatable bonds is 6. The minimum Gasteiger partial charge on any atom is -0.453 e. The van der Waals surface area contributed by atoms with Gasteiger partial charge in [-0.25, -0.2) is 0 Å². The van der Waals surface area contributed by atoms with Gasteiger partial charge >= 0.3 is 0 Å². The van der Waals surface area contributed by atoms with Crippen LogP contribution < -0.4 is 5.32 Å². The highest BCUT2D eigenvalue weighted by Gasteiger charge is 2.17. The van der Waals surface area contributed by atoms with Crippen molar-refractivity contribution >= 4 is 11.6 Å². The van der Waals surface area contributed by atoms with Crippen LogP contribution in [0.5, 0.6) is 0 Å². The summed E-state index contributed by atoms with van der Waals surface area (Å²) in [5.74, 6) is 0. The van der Waals surface area contributed by atoms with E-state index in [0.717, 1.165) is 18.5 Å². The molecular weight excluding hydrogens is 258 g/mol. The third-order valence-corrected chi connectivity index (χ3v) is 3.52. The van der Waals surface area contributed by atoms with Gasteiger partial charge in [-0.2, -0.15) is 0 Å². The fourth-order valence-electron chi connectivity index (χ4n) is 2.29. The minimum atomic E-state index is 0.0897. The summed E-state index contributed by atoms with van der Waals surface area (Å²) in [7, 11) is 0. The molecule has 0 bridgehead atoms. The smallest absolute Gasteiger partial charge is 0.198 e. The summed E-state index contributed by atoms with van der Waals surface area (Å²) in [6.07, 6.45) is 3.93. The van der Waals surface area contributed by atoms with Crippen LogP contribution in [0.2, 0.25) is 5.22 Å². The van der Waals surface area contributed by atoms with Gasteiger partial charge < -0.3 is 9.73 Å².